The molecule has 0 saturated heterocycles. The lowest BCUT2D eigenvalue weighted by molar-refractivity contribution is -0.121. The Morgan fingerprint density at radius 3 is 2.43 bits per heavy atom. The molecule has 1 amide bonds. The highest BCUT2D eigenvalue weighted by Gasteiger charge is 2.23. The van der Waals surface area contributed by atoms with E-state index in [9.17, 15) is 9.90 Å². The van der Waals surface area contributed by atoms with Gasteiger partial charge in [-0.05, 0) is 43.3 Å². The highest BCUT2D eigenvalue weighted by molar-refractivity contribution is 6.04. The normalized spacial score (nSPS) is 14.6. The molecule has 5 heteroatoms. The summed E-state index contributed by atoms with van der Waals surface area (Å²) in [6.07, 6.45) is 0. The number of anilines is 1. The van der Waals surface area contributed by atoms with Gasteiger partial charge in [-0.1, -0.05) is 17.7 Å². The Kier molecular flexibility index (Phi) is 3.31. The Labute approximate surface area is 122 Å². The lowest BCUT2D eigenvalue weighted by Gasteiger charge is -2.23. The predicted molar refractivity (Wildman–Crippen MR) is 79.3 cm³/mol. The molecule has 0 radical (unpaired) electrons. The second kappa shape index (κ2) is 5.28. The van der Waals surface area contributed by atoms with Crippen molar-refractivity contribution in [2.75, 3.05) is 11.6 Å². The minimum atomic E-state index is -0.253. The van der Waals surface area contributed by atoms with Crippen molar-refractivity contribution >= 4 is 17.5 Å². The van der Waals surface area contributed by atoms with Gasteiger partial charge in [0.15, 0.2) is 6.61 Å². The number of hydrogen-bond acceptors (Lipinski definition) is 4. The third-order valence-electron chi connectivity index (χ3n) is 3.15. The minimum Gasteiger partial charge on any atom is -0.508 e. The van der Waals surface area contributed by atoms with E-state index in [4.69, 9.17) is 4.74 Å². The molecule has 0 spiro atoms. The van der Waals surface area contributed by atoms with Crippen LogP contribution in [-0.2, 0) is 9.53 Å². The third kappa shape index (κ3) is 2.72. The van der Waals surface area contributed by atoms with Crippen LogP contribution in [-0.4, -0.2) is 23.5 Å². The second-order valence-electron chi connectivity index (χ2n) is 4.78. The molecular weight excluding hydrogens is 268 g/mol. The molecule has 2 aromatic rings. The number of nitrogens with zero attached hydrogens (tertiary/aromatic N) is 2. The number of rotatable bonds is 2. The highest BCUT2D eigenvalue weighted by Crippen LogP contribution is 2.22. The van der Waals surface area contributed by atoms with E-state index in [1.165, 1.54) is 17.1 Å². The molecule has 1 aliphatic rings. The predicted octanol–water partition coefficient (Wildman–Crippen LogP) is 2.43. The fraction of sp³-hybridized carbons (Fsp3) is 0.125. The summed E-state index contributed by atoms with van der Waals surface area (Å²) < 4.78 is 5.40. The van der Waals surface area contributed by atoms with Crippen LogP contribution in [0.1, 0.15) is 11.1 Å². The number of benzene rings is 2. The number of phenolic OH excluding ortho intramolecular Hbond substituents is 1. The first-order valence-electron chi connectivity index (χ1n) is 6.54. The van der Waals surface area contributed by atoms with Crippen LogP contribution < -0.4 is 5.01 Å². The van der Waals surface area contributed by atoms with E-state index in [1.54, 1.807) is 12.1 Å². The SMILES string of the molecule is Cc1ccc(C2=NN(c3ccc(O)cc3)C(=O)CO2)cc1. The zero-order valence-electron chi connectivity index (χ0n) is 11.5. The minimum absolute atomic E-state index is 0.0619. The van der Waals surface area contributed by atoms with Crippen LogP contribution in [0.2, 0.25) is 0 Å². The number of aryl methyl sites for hydroxylation is 1. The highest BCUT2D eigenvalue weighted by atomic mass is 16.5. The summed E-state index contributed by atoms with van der Waals surface area (Å²) in [7, 11) is 0. The van der Waals surface area contributed by atoms with Gasteiger partial charge in [0.2, 0.25) is 5.90 Å². The molecule has 0 fully saturated rings. The topological polar surface area (TPSA) is 62.1 Å². The Morgan fingerprint density at radius 1 is 1.10 bits per heavy atom. The number of amides is 1. The standard InChI is InChI=1S/C16H14N2O3/c1-11-2-4-12(5-3-11)16-17-18(15(20)10-21-16)13-6-8-14(19)9-7-13/h2-9,19H,10H2,1H3. The number of hydrazone groups is 1. The average molecular weight is 282 g/mol. The summed E-state index contributed by atoms with van der Waals surface area (Å²) in [6, 6.07) is 14.0. The first-order valence-corrected chi connectivity index (χ1v) is 6.54. The van der Waals surface area contributed by atoms with Gasteiger partial charge in [0.25, 0.3) is 5.91 Å². The Balaban J connectivity index is 1.96. The molecule has 0 unspecified atom stereocenters. The molecular formula is C16H14N2O3. The van der Waals surface area contributed by atoms with E-state index >= 15 is 0 Å². The fourth-order valence-electron chi connectivity index (χ4n) is 2.00. The molecule has 5 nitrogen and oxygen atoms in total. The molecule has 0 aliphatic carbocycles. The number of phenols is 1. The lowest BCUT2D eigenvalue weighted by atomic mass is 10.1. The van der Waals surface area contributed by atoms with Crippen molar-refractivity contribution < 1.29 is 14.6 Å². The lowest BCUT2D eigenvalue weighted by Crippen LogP contribution is -2.36. The van der Waals surface area contributed by atoms with Gasteiger partial charge in [-0.3, -0.25) is 4.79 Å². The monoisotopic (exact) mass is 282 g/mol. The molecule has 106 valence electrons. The average Bonchev–Trinajstić information content (AvgIpc) is 2.50. The Morgan fingerprint density at radius 2 is 1.76 bits per heavy atom. The molecule has 1 aliphatic heterocycles. The maximum Gasteiger partial charge on any atom is 0.285 e. The van der Waals surface area contributed by atoms with Gasteiger partial charge in [-0.25, -0.2) is 0 Å². The molecule has 1 N–H and O–H groups in total. The van der Waals surface area contributed by atoms with Crippen molar-refractivity contribution in [3.63, 3.8) is 0 Å². The van der Waals surface area contributed by atoms with E-state index in [0.29, 0.717) is 11.6 Å². The van der Waals surface area contributed by atoms with E-state index < -0.39 is 0 Å². The Bertz CT molecular complexity index is 690. The number of carbonyl (C=O) groups excluding carboxylic acids is 1. The number of hydrogen-bond donors (Lipinski definition) is 1. The summed E-state index contributed by atoms with van der Waals surface area (Å²) in [6.45, 7) is 1.94. The molecule has 21 heavy (non-hydrogen) atoms. The quantitative estimate of drug-likeness (QED) is 0.920. The van der Waals surface area contributed by atoms with Gasteiger partial charge in [-0.2, -0.15) is 5.01 Å². The van der Waals surface area contributed by atoms with Crippen molar-refractivity contribution in [3.05, 3.63) is 59.7 Å². The molecule has 0 saturated carbocycles. The summed E-state index contributed by atoms with van der Waals surface area (Å²) >= 11 is 0. The summed E-state index contributed by atoms with van der Waals surface area (Å²) in [5.74, 6) is 0.293. The molecule has 0 atom stereocenters. The van der Waals surface area contributed by atoms with Crippen molar-refractivity contribution in [2.24, 2.45) is 5.10 Å². The molecule has 1 heterocycles. The largest absolute Gasteiger partial charge is 0.508 e. The zero-order chi connectivity index (χ0) is 14.8. The maximum absolute atomic E-state index is 11.9. The van der Waals surface area contributed by atoms with Gasteiger partial charge >= 0.3 is 0 Å². The van der Waals surface area contributed by atoms with Crippen LogP contribution >= 0.6 is 0 Å². The summed E-state index contributed by atoms with van der Waals surface area (Å²) in [4.78, 5) is 11.9. The van der Waals surface area contributed by atoms with Gasteiger partial charge in [-0.15, -0.1) is 5.10 Å². The second-order valence-corrected chi connectivity index (χ2v) is 4.78. The number of carbonyl (C=O) groups is 1. The van der Waals surface area contributed by atoms with Crippen molar-refractivity contribution in [1.29, 1.82) is 0 Å². The van der Waals surface area contributed by atoms with Crippen LogP contribution in [0.15, 0.2) is 53.6 Å². The van der Waals surface area contributed by atoms with Gasteiger partial charge in [0.05, 0.1) is 5.69 Å². The molecule has 0 bridgehead atoms. The number of aromatic hydroxyl groups is 1. The zero-order valence-corrected chi connectivity index (χ0v) is 11.5. The maximum atomic E-state index is 11.9. The van der Waals surface area contributed by atoms with Crippen molar-refractivity contribution in [2.45, 2.75) is 6.92 Å². The van der Waals surface area contributed by atoms with Gasteiger partial charge < -0.3 is 9.84 Å². The van der Waals surface area contributed by atoms with E-state index in [2.05, 4.69) is 5.10 Å². The smallest absolute Gasteiger partial charge is 0.285 e. The van der Waals surface area contributed by atoms with Crippen molar-refractivity contribution in [3.8, 4) is 5.75 Å². The third-order valence-corrected chi connectivity index (χ3v) is 3.15. The fourth-order valence-corrected chi connectivity index (χ4v) is 2.00. The first-order chi connectivity index (χ1) is 10.1. The van der Waals surface area contributed by atoms with Crippen molar-refractivity contribution in [1.82, 2.24) is 0 Å². The molecule has 2 aromatic carbocycles. The van der Waals surface area contributed by atoms with Crippen LogP contribution in [0.5, 0.6) is 5.75 Å². The van der Waals surface area contributed by atoms with Crippen LogP contribution in [0.3, 0.4) is 0 Å². The first kappa shape index (κ1) is 13.2. The number of ether oxygens (including phenoxy) is 1. The van der Waals surface area contributed by atoms with E-state index in [0.717, 1.165) is 11.1 Å². The van der Waals surface area contributed by atoms with Gasteiger partial charge in [0, 0.05) is 5.56 Å². The van der Waals surface area contributed by atoms with E-state index in [1.807, 2.05) is 31.2 Å². The summed E-state index contributed by atoms with van der Waals surface area (Å²) in [5.41, 5.74) is 2.55. The molecule has 0 aromatic heterocycles. The summed E-state index contributed by atoms with van der Waals surface area (Å²) in [5, 5.41) is 14.9. The molecule has 3 rings (SSSR count). The van der Waals surface area contributed by atoms with E-state index in [-0.39, 0.29) is 18.3 Å². The van der Waals surface area contributed by atoms with Crippen LogP contribution in [0.25, 0.3) is 0 Å². The Hall–Kier alpha value is -2.82. The van der Waals surface area contributed by atoms with Crippen LogP contribution in [0.4, 0.5) is 5.69 Å². The van der Waals surface area contributed by atoms with Gasteiger partial charge in [0.1, 0.15) is 5.75 Å². The van der Waals surface area contributed by atoms with Crippen LogP contribution in [0, 0.1) is 6.92 Å².